The van der Waals surface area contributed by atoms with Crippen molar-refractivity contribution in [1.29, 1.82) is 0 Å². The first-order valence-corrected chi connectivity index (χ1v) is 42.1. The minimum absolute atomic E-state index is 0. The van der Waals surface area contributed by atoms with Gasteiger partial charge in [0.1, 0.15) is 47.4 Å². The molecule has 0 fully saturated rings. The number of aliphatic hydroxyl groups is 1. The summed E-state index contributed by atoms with van der Waals surface area (Å²) in [6.07, 6.45) is 6.21. The Balaban J connectivity index is 0.00000159. The van der Waals surface area contributed by atoms with Gasteiger partial charge < -0.3 is 58.1 Å². The number of allylic oxidation sites excluding steroid dienone is 2. The largest absolute Gasteiger partial charge is 0.497 e. The molecule has 3 N–H and O–H groups in total. The summed E-state index contributed by atoms with van der Waals surface area (Å²) >= 11 is 0. The molecule has 12 aromatic carbocycles. The second kappa shape index (κ2) is 67.4. The molecule has 12 rings (SSSR count). The van der Waals surface area contributed by atoms with Crippen molar-refractivity contribution in [1.82, 2.24) is 0 Å². The summed E-state index contributed by atoms with van der Waals surface area (Å²) in [5.74, 6) is -1.03. The van der Waals surface area contributed by atoms with E-state index in [-0.39, 0.29) is 267 Å². The summed E-state index contributed by atoms with van der Waals surface area (Å²) in [5, 5.41) is 28.6. The summed E-state index contributed by atoms with van der Waals surface area (Å²) in [6.45, 7) is 27.2. The maximum atomic E-state index is 14.2. The van der Waals surface area contributed by atoms with Crippen LogP contribution < -0.4 is 28.4 Å². The van der Waals surface area contributed by atoms with E-state index in [9.17, 15) is 65.6 Å². The van der Waals surface area contributed by atoms with Crippen LogP contribution in [-0.2, 0) is 252 Å². The quantitative estimate of drug-likeness (QED) is 0.00994. The summed E-state index contributed by atoms with van der Waals surface area (Å²) < 4.78 is 118. The molecule has 6 radical (unpaired) electrons. The van der Waals surface area contributed by atoms with Gasteiger partial charge in [0.25, 0.3) is 6.47 Å². The molecule has 0 aliphatic heterocycles. The number of benzene rings is 12. The number of carbonyl (C=O) groups excluding carboxylic acids is 3. The number of methoxy groups -OCH3 is 6. The Morgan fingerprint density at radius 2 is 0.688 bits per heavy atom. The first-order valence-electron chi connectivity index (χ1n) is 42.1. The van der Waals surface area contributed by atoms with Gasteiger partial charge >= 0.3 is 11.9 Å². The van der Waals surface area contributed by atoms with Gasteiger partial charge in [0.15, 0.2) is 0 Å². The molecular weight excluding hydrogens is 2220 g/mol. The SMILES string of the molecule is COc1ccc(/C(=C/c2[c-]cc(C)cc2F)C(=O)O)c(C)c1.COc1ccc(C(C=C(C)C)Cc2[c-]cc(C)cc2F)c(C)c1.COc1ccc(C(C=O)Cc2[c-]cc(C)cc2F)c(C)c1.COc1ccc(C(CO)Cc2[c-]cc(C)cc2F)c(C)c1.COc1ccc(C(Cc2[c-]cc(C)cc2F)C(=O)O)c(C)c1.COc1ccc(COC=O)c(C)c1.Cc1c[c-]c(C=O)c(F)c1.[Y].[Y].[Y].[Y].[Y].[Y]. The molecule has 27 heteroatoms. The average Bonchev–Trinajstić information content (AvgIpc) is 0.824. The number of aldehydes is 2. The van der Waals surface area contributed by atoms with Crippen molar-refractivity contribution in [3.63, 3.8) is 0 Å². The van der Waals surface area contributed by atoms with Crippen LogP contribution in [0.2, 0.25) is 0 Å². The Bertz CT molecular complexity index is 5990. The van der Waals surface area contributed by atoms with Crippen molar-refractivity contribution in [2.75, 3.05) is 49.3 Å². The third kappa shape index (κ3) is 42.4. The molecule has 138 heavy (non-hydrogen) atoms. The second-order valence-corrected chi connectivity index (χ2v) is 31.8. The number of rotatable bonds is 29. The van der Waals surface area contributed by atoms with E-state index in [0.717, 1.165) is 113 Å². The molecule has 0 saturated carbocycles. The number of aliphatic hydroxyl groups excluding tert-OH is 1. The van der Waals surface area contributed by atoms with E-state index >= 15 is 0 Å². The zero-order valence-corrected chi connectivity index (χ0v) is 98.8. The number of hydrogen-bond donors (Lipinski definition) is 3. The molecule has 12 aromatic rings. The molecule has 4 atom stereocenters. The predicted octanol–water partition coefficient (Wildman–Crippen LogP) is 23.8. The molecule has 0 aliphatic carbocycles. The number of carboxylic acids is 2. The summed E-state index contributed by atoms with van der Waals surface area (Å²) in [6, 6.07) is 69.2. The number of halogens is 6. The topological polar surface area (TPSA) is 211 Å². The van der Waals surface area contributed by atoms with E-state index in [0.29, 0.717) is 77.9 Å². The van der Waals surface area contributed by atoms with Crippen molar-refractivity contribution in [2.45, 2.75) is 153 Å². The van der Waals surface area contributed by atoms with Gasteiger partial charge in [-0.15, -0.1) is 106 Å². The van der Waals surface area contributed by atoms with E-state index in [1.165, 1.54) is 47.5 Å². The molecule has 0 saturated heterocycles. The van der Waals surface area contributed by atoms with Crippen LogP contribution in [0.25, 0.3) is 11.6 Å². The van der Waals surface area contributed by atoms with Crippen LogP contribution in [0.4, 0.5) is 26.3 Å². The van der Waals surface area contributed by atoms with Crippen molar-refractivity contribution >= 4 is 42.6 Å². The maximum Gasteiger partial charge on any atom is 0.326 e. The van der Waals surface area contributed by atoms with E-state index in [1.807, 2.05) is 121 Å². The fraction of sp³-hybridized carbons (Fsp3) is 0.270. The van der Waals surface area contributed by atoms with Crippen molar-refractivity contribution in [2.24, 2.45) is 0 Å². The molecule has 0 bridgehead atoms. The number of carboxylic acid groups (broad SMARTS) is 2. The third-order valence-corrected chi connectivity index (χ3v) is 21.3. The molecule has 0 spiro atoms. The molecule has 0 aromatic heterocycles. The minimum atomic E-state index is -1.12. The summed E-state index contributed by atoms with van der Waals surface area (Å²) in [7, 11) is 9.60. The molecule has 714 valence electrons. The van der Waals surface area contributed by atoms with Crippen LogP contribution in [-0.4, -0.2) is 95.6 Å². The van der Waals surface area contributed by atoms with Gasteiger partial charge in [-0.2, -0.15) is 70.8 Å². The van der Waals surface area contributed by atoms with Crippen molar-refractivity contribution in [3.05, 3.63) is 398 Å². The Morgan fingerprint density at radius 3 is 1.01 bits per heavy atom. The number of hydrogen-bond acceptors (Lipinski definition) is 13. The molecule has 4 unspecified atom stereocenters. The molecule has 15 nitrogen and oxygen atoms in total. The summed E-state index contributed by atoms with van der Waals surface area (Å²) in [4.78, 5) is 54.6. The van der Waals surface area contributed by atoms with Crippen LogP contribution in [0.3, 0.4) is 0 Å². The van der Waals surface area contributed by atoms with Crippen LogP contribution in [0.5, 0.6) is 34.5 Å². The molecule has 0 aliphatic rings. The Labute approximate surface area is 960 Å². The minimum Gasteiger partial charge on any atom is -0.497 e. The Hall–Kier alpha value is -7.17. The zero-order chi connectivity index (χ0) is 97.6. The van der Waals surface area contributed by atoms with Crippen LogP contribution in [0.15, 0.2) is 194 Å². The number of aliphatic carboxylic acids is 2. The van der Waals surface area contributed by atoms with Crippen molar-refractivity contribution < 1.29 is 295 Å². The van der Waals surface area contributed by atoms with Crippen LogP contribution >= 0.6 is 0 Å². The standard InChI is InChI=1S/C21H24FO.C18H18FO3.C18H16FO3.C18H20FO2.C18H18FO2.C10H12O3.C8H6FO.6Y/c1-14(2)10-18(13-17-7-6-15(3)11-21(17)22)20-9-8-19(23-5)12-16(20)4;2*1-11-4-5-13(17(19)8-11)10-16(18(20)21)15-7-6-14(22-3)9-12(15)2;2*1-12-4-5-14(18(19)8-12)10-15(11-20)17-7-6-16(21-3)9-13(17)2;1-8-5-10(12-2)4-3-9(8)6-13-7-11;1-6-2-3-7(5-10)8(9)4-6;;;;;;/h6,8-12,18H,13H2,1-5H3;4,6-9,16H,10H2,1-3H3,(H,20,21);4,6-10H,1-3H3,(H,20,21);4,6-9,15,20H,10-11H2,1-3H3;4,6-9,11,15H,10H2,1-3H3;3-5,7H,6H2,1-2H3;2,4-5H,1H3;;;;;;/q5*-1;;-1;;;;;;/b;;16-10-;;;;;;;;;;. The van der Waals surface area contributed by atoms with Crippen LogP contribution in [0, 0.1) is 154 Å². The van der Waals surface area contributed by atoms with E-state index in [2.05, 4.69) is 74.0 Å². The predicted molar refractivity (Wildman–Crippen MR) is 504 cm³/mol. The Kier molecular flexibility index (Phi) is 63.9. The third-order valence-electron chi connectivity index (χ3n) is 21.3. The van der Waals surface area contributed by atoms with Crippen molar-refractivity contribution in [3.8, 4) is 34.5 Å². The van der Waals surface area contributed by atoms with Gasteiger partial charge in [0, 0.05) is 254 Å². The smallest absolute Gasteiger partial charge is 0.326 e. The molecule has 0 heterocycles. The van der Waals surface area contributed by atoms with Gasteiger partial charge in [0.05, 0.1) is 61.5 Å². The zero-order valence-electron chi connectivity index (χ0n) is 81.7. The van der Waals surface area contributed by atoms with Gasteiger partial charge in [-0.1, -0.05) is 95.2 Å². The second-order valence-electron chi connectivity index (χ2n) is 31.8. The van der Waals surface area contributed by atoms with Gasteiger partial charge in [-0.05, 0) is 221 Å². The monoisotopic (exact) mass is 2330 g/mol. The van der Waals surface area contributed by atoms with E-state index in [4.69, 9.17) is 28.4 Å². The van der Waals surface area contributed by atoms with Gasteiger partial charge in [-0.3, -0.25) is 35.9 Å². The Morgan fingerprint density at radius 1 is 0.370 bits per heavy atom. The number of ether oxygens (including phenoxy) is 7. The van der Waals surface area contributed by atoms with E-state index in [1.54, 1.807) is 143 Å². The van der Waals surface area contributed by atoms with Gasteiger partial charge in [-0.25, -0.2) is 4.79 Å². The normalized spacial score (nSPS) is 11.0. The fourth-order valence-corrected chi connectivity index (χ4v) is 14.1. The fourth-order valence-electron chi connectivity index (χ4n) is 14.1. The molecule has 0 amide bonds. The van der Waals surface area contributed by atoms with Gasteiger partial charge in [0.2, 0.25) is 0 Å². The average molecular weight is 2340 g/mol. The first kappa shape index (κ1) is 131. The molecular formula is C111H114F6O15Y6-6. The maximum absolute atomic E-state index is 14.2. The van der Waals surface area contributed by atoms with E-state index < -0.39 is 35.3 Å². The summed E-state index contributed by atoms with van der Waals surface area (Å²) in [5.41, 5.74) is 19.0. The number of aryl methyl sites for hydroxylation is 12. The van der Waals surface area contributed by atoms with Crippen LogP contribution in [0.1, 0.15) is 176 Å². The number of carbonyl (C=O) groups is 5. The first-order chi connectivity index (χ1) is 62.8.